The van der Waals surface area contributed by atoms with E-state index in [4.69, 9.17) is 4.74 Å². The zero-order chi connectivity index (χ0) is 15.9. The maximum absolute atomic E-state index is 12.1. The van der Waals surface area contributed by atoms with Crippen LogP contribution in [0.2, 0.25) is 0 Å². The van der Waals surface area contributed by atoms with Crippen LogP contribution in [0.4, 0.5) is 4.79 Å². The van der Waals surface area contributed by atoms with Crippen LogP contribution in [0.5, 0.6) is 0 Å². The molecule has 0 radical (unpaired) electrons. The number of carbonyl (C=O) groups excluding carboxylic acids is 2. The Kier molecular flexibility index (Phi) is 6.24. The van der Waals surface area contributed by atoms with Crippen molar-refractivity contribution in [1.82, 2.24) is 10.2 Å². The van der Waals surface area contributed by atoms with Gasteiger partial charge in [0.1, 0.15) is 0 Å². The van der Waals surface area contributed by atoms with Gasteiger partial charge < -0.3 is 15.0 Å². The summed E-state index contributed by atoms with van der Waals surface area (Å²) in [7, 11) is 0. The lowest BCUT2D eigenvalue weighted by molar-refractivity contribution is -0.149. The van der Waals surface area contributed by atoms with Crippen LogP contribution in [0.1, 0.15) is 25.3 Å². The molecule has 1 saturated heterocycles. The summed E-state index contributed by atoms with van der Waals surface area (Å²) in [4.78, 5) is 25.6. The number of rotatable bonds is 4. The third-order valence-electron chi connectivity index (χ3n) is 3.73. The fourth-order valence-electron chi connectivity index (χ4n) is 2.51. The van der Waals surface area contributed by atoms with E-state index in [9.17, 15) is 9.59 Å². The molecular weight excluding hydrogens is 348 g/mol. The fraction of sp³-hybridized carbons (Fsp3) is 0.500. The standard InChI is InChI=1S/C16H21BrN2O3/c1-2-22-15(20)13-6-8-19(9-7-13)16(21)18-11-12-4-3-5-14(17)10-12/h3-5,10,13H,2,6-9,11H2,1H3,(H,18,21). The minimum atomic E-state index is -0.142. The highest BCUT2D eigenvalue weighted by atomic mass is 79.9. The van der Waals surface area contributed by atoms with Crippen molar-refractivity contribution in [1.29, 1.82) is 0 Å². The number of halogens is 1. The van der Waals surface area contributed by atoms with Gasteiger partial charge in [-0.3, -0.25) is 4.79 Å². The highest BCUT2D eigenvalue weighted by molar-refractivity contribution is 9.10. The van der Waals surface area contributed by atoms with Gasteiger partial charge in [0, 0.05) is 24.1 Å². The van der Waals surface area contributed by atoms with Crippen LogP contribution in [0.15, 0.2) is 28.7 Å². The van der Waals surface area contributed by atoms with Crippen LogP contribution in [0.3, 0.4) is 0 Å². The quantitative estimate of drug-likeness (QED) is 0.831. The number of benzene rings is 1. The molecule has 5 nitrogen and oxygen atoms in total. The third-order valence-corrected chi connectivity index (χ3v) is 4.23. The summed E-state index contributed by atoms with van der Waals surface area (Å²) in [5.74, 6) is -0.217. The molecule has 1 aliphatic heterocycles. The maximum atomic E-state index is 12.1. The number of hydrogen-bond acceptors (Lipinski definition) is 3. The van der Waals surface area contributed by atoms with E-state index in [1.54, 1.807) is 4.90 Å². The Morgan fingerprint density at radius 2 is 2.09 bits per heavy atom. The molecule has 1 aliphatic rings. The van der Waals surface area contributed by atoms with Crippen LogP contribution in [-0.2, 0) is 16.1 Å². The average molecular weight is 369 g/mol. The van der Waals surface area contributed by atoms with Gasteiger partial charge in [-0.25, -0.2) is 4.79 Å². The van der Waals surface area contributed by atoms with Gasteiger partial charge in [-0.1, -0.05) is 28.1 Å². The van der Waals surface area contributed by atoms with Crippen molar-refractivity contribution in [2.45, 2.75) is 26.3 Å². The highest BCUT2D eigenvalue weighted by Gasteiger charge is 2.27. The molecule has 1 aromatic carbocycles. The van der Waals surface area contributed by atoms with Crippen molar-refractivity contribution in [2.75, 3.05) is 19.7 Å². The highest BCUT2D eigenvalue weighted by Crippen LogP contribution is 2.19. The van der Waals surface area contributed by atoms with Gasteiger partial charge in [-0.05, 0) is 37.5 Å². The van der Waals surface area contributed by atoms with Crippen molar-refractivity contribution in [3.63, 3.8) is 0 Å². The van der Waals surface area contributed by atoms with Crippen LogP contribution in [0, 0.1) is 5.92 Å². The summed E-state index contributed by atoms with van der Waals surface area (Å²) < 4.78 is 6.03. The Labute approximate surface area is 139 Å². The van der Waals surface area contributed by atoms with Crippen molar-refractivity contribution in [3.8, 4) is 0 Å². The molecule has 120 valence electrons. The normalized spacial score (nSPS) is 15.5. The summed E-state index contributed by atoms with van der Waals surface area (Å²) in [5.41, 5.74) is 1.05. The molecular formula is C16H21BrN2O3. The lowest BCUT2D eigenvalue weighted by atomic mass is 9.97. The van der Waals surface area contributed by atoms with Gasteiger partial charge in [-0.2, -0.15) is 0 Å². The molecule has 2 rings (SSSR count). The van der Waals surface area contributed by atoms with E-state index in [-0.39, 0.29) is 17.9 Å². The number of nitrogens with zero attached hydrogens (tertiary/aromatic N) is 1. The number of piperidine rings is 1. The second kappa shape index (κ2) is 8.17. The first-order valence-electron chi connectivity index (χ1n) is 7.54. The average Bonchev–Trinajstić information content (AvgIpc) is 2.53. The summed E-state index contributed by atoms with van der Waals surface area (Å²) in [6, 6.07) is 7.76. The van der Waals surface area contributed by atoms with Crippen LogP contribution < -0.4 is 5.32 Å². The summed E-state index contributed by atoms with van der Waals surface area (Å²) in [5, 5.41) is 2.92. The largest absolute Gasteiger partial charge is 0.466 e. The molecule has 0 bridgehead atoms. The number of ether oxygens (including phenoxy) is 1. The minimum Gasteiger partial charge on any atom is -0.466 e. The first kappa shape index (κ1) is 16.8. The van der Waals surface area contributed by atoms with Gasteiger partial charge in [0.15, 0.2) is 0 Å². The molecule has 22 heavy (non-hydrogen) atoms. The summed E-state index contributed by atoms with van der Waals surface area (Å²) in [6.45, 7) is 3.90. The van der Waals surface area contributed by atoms with Crippen LogP contribution in [0.25, 0.3) is 0 Å². The molecule has 0 spiro atoms. The molecule has 1 aromatic rings. The lowest BCUT2D eigenvalue weighted by Gasteiger charge is -2.30. The summed E-state index contributed by atoms with van der Waals surface area (Å²) in [6.07, 6.45) is 1.34. The van der Waals surface area contributed by atoms with Gasteiger partial charge in [0.2, 0.25) is 0 Å². The topological polar surface area (TPSA) is 58.6 Å². The molecule has 1 fully saturated rings. The second-order valence-corrected chi connectivity index (χ2v) is 6.22. The van der Waals surface area contributed by atoms with E-state index >= 15 is 0 Å². The van der Waals surface area contributed by atoms with Crippen molar-refractivity contribution in [3.05, 3.63) is 34.3 Å². The molecule has 0 atom stereocenters. The molecule has 0 saturated carbocycles. The SMILES string of the molecule is CCOC(=O)C1CCN(C(=O)NCc2cccc(Br)c2)CC1. The van der Waals surface area contributed by atoms with E-state index < -0.39 is 0 Å². The molecule has 1 N–H and O–H groups in total. The Hall–Kier alpha value is -1.56. The zero-order valence-corrected chi connectivity index (χ0v) is 14.3. The van der Waals surface area contributed by atoms with Gasteiger partial charge >= 0.3 is 12.0 Å². The Balaban J connectivity index is 1.76. The van der Waals surface area contributed by atoms with E-state index in [1.165, 1.54) is 0 Å². The van der Waals surface area contributed by atoms with Gasteiger partial charge in [0.25, 0.3) is 0 Å². The first-order valence-corrected chi connectivity index (χ1v) is 8.33. The molecule has 2 amide bonds. The predicted molar refractivity (Wildman–Crippen MR) is 87.3 cm³/mol. The van der Waals surface area contributed by atoms with Crippen molar-refractivity contribution in [2.24, 2.45) is 5.92 Å². The molecule has 0 aliphatic carbocycles. The van der Waals surface area contributed by atoms with E-state index in [2.05, 4.69) is 21.2 Å². The Bertz CT molecular complexity index is 528. The van der Waals surface area contributed by atoms with Gasteiger partial charge in [-0.15, -0.1) is 0 Å². The van der Waals surface area contributed by atoms with Crippen LogP contribution in [-0.4, -0.2) is 36.6 Å². The second-order valence-electron chi connectivity index (χ2n) is 5.30. The number of carbonyl (C=O) groups is 2. The Morgan fingerprint density at radius 1 is 1.36 bits per heavy atom. The molecule has 0 aromatic heterocycles. The number of nitrogens with one attached hydrogen (secondary N) is 1. The third kappa shape index (κ3) is 4.73. The lowest BCUT2D eigenvalue weighted by Crippen LogP contribution is -2.45. The first-order chi connectivity index (χ1) is 10.6. The van der Waals surface area contributed by atoms with Crippen molar-refractivity contribution < 1.29 is 14.3 Å². The number of esters is 1. The predicted octanol–water partition coefficient (Wildman–Crippen LogP) is 2.93. The molecule has 0 unspecified atom stereocenters. The van der Waals surface area contributed by atoms with E-state index in [1.807, 2.05) is 31.2 Å². The smallest absolute Gasteiger partial charge is 0.317 e. The number of likely N-dealkylation sites (tertiary alicyclic amines) is 1. The van der Waals surface area contributed by atoms with Crippen LogP contribution >= 0.6 is 15.9 Å². The number of amides is 2. The monoisotopic (exact) mass is 368 g/mol. The summed E-state index contributed by atoms with van der Waals surface area (Å²) >= 11 is 3.41. The number of hydrogen-bond donors (Lipinski definition) is 1. The van der Waals surface area contributed by atoms with Gasteiger partial charge in [0.05, 0.1) is 12.5 Å². The zero-order valence-electron chi connectivity index (χ0n) is 12.7. The number of urea groups is 1. The van der Waals surface area contributed by atoms with E-state index in [0.717, 1.165) is 10.0 Å². The Morgan fingerprint density at radius 3 is 2.73 bits per heavy atom. The van der Waals surface area contributed by atoms with E-state index in [0.29, 0.717) is 39.1 Å². The molecule has 1 heterocycles. The maximum Gasteiger partial charge on any atom is 0.317 e. The fourth-order valence-corrected chi connectivity index (χ4v) is 2.96. The van der Waals surface area contributed by atoms with Crippen molar-refractivity contribution >= 4 is 27.9 Å². The molecule has 6 heteroatoms. The minimum absolute atomic E-state index is 0.0749.